The molecule has 0 atom stereocenters. The molecule has 0 spiro atoms. The van der Waals surface area contributed by atoms with Gasteiger partial charge in [-0.3, -0.25) is 0 Å². The Bertz CT molecular complexity index is 822. The van der Waals surface area contributed by atoms with Crippen LogP contribution >= 0.6 is 0 Å². The average molecular weight is 1940 g/mol. The van der Waals surface area contributed by atoms with E-state index >= 15 is 0 Å². The molecule has 372 valence electrons. The fourth-order valence-corrected chi connectivity index (χ4v) is 12.1. The van der Waals surface area contributed by atoms with E-state index in [-0.39, 0.29) is 204 Å². The molecular formula is C60H105La3Pa3-9. The third kappa shape index (κ3) is 41.9. The summed E-state index contributed by atoms with van der Waals surface area (Å²) in [4.78, 5) is 0. The molecule has 0 bridgehead atoms. The van der Waals surface area contributed by atoms with E-state index in [2.05, 4.69) is 78.6 Å². The zero-order valence-corrected chi connectivity index (χ0v) is 69.7. The van der Waals surface area contributed by atoms with Crippen LogP contribution < -0.4 is 0 Å². The molecule has 6 radical (unpaired) electrons. The van der Waals surface area contributed by atoms with Gasteiger partial charge in [-0.1, -0.05) is 136 Å². The molecule has 9 saturated carbocycles. The summed E-state index contributed by atoms with van der Waals surface area (Å²) >= 11 is 0. The molecule has 0 aromatic rings. The third-order valence-corrected chi connectivity index (χ3v) is 16.5. The van der Waals surface area contributed by atoms with Crippen molar-refractivity contribution in [1.82, 2.24) is 0 Å². The molecule has 9 fully saturated rings. The standard InChI is InChI=1S/C20H34.C13H22.3C7H13.C6H10.3La.3Pa/c1-3-7-17(8-4-1)15-19-11-13-20(14-12-19)16-18-9-5-2-6-10-18;1-3-7-12(8-4-1)11-13-9-5-2-6-10-13;3*1-7-5-3-2-4-6-7;1-2-4-6-5-3-1;;;;;;/h1-2,17-20H,3-16H2;1-2,12-13H,3-11H2;3*2,7H,3-6H2,1H3;1,6H,2-5H2;;;;;;/q2*-2;3*-1;-2;;;;;;. The predicted octanol–water partition coefficient (Wildman–Crippen LogP) is 19.7. The van der Waals surface area contributed by atoms with E-state index < -0.39 is 0 Å². The minimum atomic E-state index is 0. The second-order valence-electron chi connectivity index (χ2n) is 22.2. The molecule has 0 aromatic heterocycles. The van der Waals surface area contributed by atoms with Gasteiger partial charge < -0.3 is 57.8 Å². The van der Waals surface area contributed by atoms with Crippen molar-refractivity contribution in [2.45, 2.75) is 271 Å². The third-order valence-electron chi connectivity index (χ3n) is 16.5. The van der Waals surface area contributed by atoms with Crippen LogP contribution in [0.25, 0.3) is 0 Å². The normalized spacial score (nSPS) is 26.0. The molecule has 66 heavy (non-hydrogen) atoms. The molecular weight excluding hydrogens is 1830 g/mol. The van der Waals surface area contributed by atoms with Crippen molar-refractivity contribution < 1.29 is 204 Å². The molecule has 9 rings (SSSR count). The Morgan fingerprint density at radius 3 is 0.485 bits per heavy atom. The Labute approximate surface area is 576 Å². The summed E-state index contributed by atoms with van der Waals surface area (Å²) in [6.45, 7) is 7.02. The molecule has 0 aromatic carbocycles. The van der Waals surface area contributed by atoms with Gasteiger partial charge in [-0.05, 0) is 72.5 Å². The van der Waals surface area contributed by atoms with Crippen LogP contribution in [-0.2, 0) is 0 Å². The Hall–Kier alpha value is 6.86. The van der Waals surface area contributed by atoms with Crippen LogP contribution in [0, 0.1) is 315 Å². The van der Waals surface area contributed by atoms with E-state index in [4.69, 9.17) is 0 Å². The van der Waals surface area contributed by atoms with Crippen molar-refractivity contribution in [1.29, 1.82) is 0 Å². The fraction of sp³-hybridized carbons (Fsp3) is 0.850. The molecule has 0 amide bonds. The first kappa shape index (κ1) is 77.1. The summed E-state index contributed by atoms with van der Waals surface area (Å²) in [7, 11) is 0. The van der Waals surface area contributed by atoms with Gasteiger partial charge in [0.15, 0.2) is 0 Å². The maximum atomic E-state index is 2.51. The Kier molecular flexibility index (Phi) is 62.9. The van der Waals surface area contributed by atoms with Crippen LogP contribution in [0.2, 0.25) is 0 Å². The van der Waals surface area contributed by atoms with Gasteiger partial charge in [-0.15, -0.1) is 0 Å². The van der Waals surface area contributed by atoms with Crippen molar-refractivity contribution >= 4 is 0 Å². The van der Waals surface area contributed by atoms with Gasteiger partial charge in [-0.25, -0.2) is 25.7 Å². The summed E-state index contributed by atoms with van der Waals surface area (Å²) < 4.78 is 0. The summed E-state index contributed by atoms with van der Waals surface area (Å²) in [6.07, 6.45) is 78.0. The molecule has 0 nitrogen and oxygen atoms in total. The topological polar surface area (TPSA) is 0 Å². The quantitative estimate of drug-likeness (QED) is 0.233. The van der Waals surface area contributed by atoms with Gasteiger partial charge in [0.1, 0.15) is 0 Å². The summed E-state index contributed by atoms with van der Waals surface area (Å²) in [5, 5.41) is 0. The van der Waals surface area contributed by atoms with E-state index in [0.29, 0.717) is 0 Å². The zero-order valence-electron chi connectivity index (χ0n) is 44.4. The monoisotopic (exact) mass is 1940 g/mol. The maximum absolute atomic E-state index is 2.51. The van der Waals surface area contributed by atoms with E-state index in [1.54, 1.807) is 44.9 Å². The van der Waals surface area contributed by atoms with Crippen molar-refractivity contribution in [3.8, 4) is 0 Å². The van der Waals surface area contributed by atoms with Gasteiger partial charge in [0.25, 0.3) is 0 Å². The van der Waals surface area contributed by atoms with E-state index in [0.717, 1.165) is 53.3 Å². The Balaban J connectivity index is -0.000000755. The van der Waals surface area contributed by atoms with Crippen molar-refractivity contribution in [2.75, 3.05) is 0 Å². The first-order chi connectivity index (χ1) is 29.5. The second kappa shape index (κ2) is 53.8. The van der Waals surface area contributed by atoms with E-state index in [1.165, 1.54) is 205 Å². The van der Waals surface area contributed by atoms with Crippen LogP contribution in [0.5, 0.6) is 0 Å². The summed E-state index contributed by atoms with van der Waals surface area (Å²) in [5.74, 6) is 9.51. The molecule has 0 heterocycles. The molecule has 0 unspecified atom stereocenters. The Morgan fingerprint density at radius 1 is 0.212 bits per heavy atom. The van der Waals surface area contributed by atoms with Gasteiger partial charge in [-0.2, -0.15) is 89.9 Å². The van der Waals surface area contributed by atoms with Crippen molar-refractivity contribution in [2.24, 2.45) is 53.3 Å². The summed E-state index contributed by atoms with van der Waals surface area (Å²) in [6, 6.07) is 0. The zero-order chi connectivity index (χ0) is 42.1. The first-order valence-electron chi connectivity index (χ1n) is 27.9. The van der Waals surface area contributed by atoms with E-state index in [9.17, 15) is 0 Å². The fourth-order valence-electron chi connectivity index (χ4n) is 12.1. The summed E-state index contributed by atoms with van der Waals surface area (Å²) in [5.41, 5.74) is 0. The van der Waals surface area contributed by atoms with Crippen LogP contribution in [-0.4, -0.2) is 0 Å². The van der Waals surface area contributed by atoms with Crippen LogP contribution in [0.4, 0.5) is 0 Å². The number of hydrogen-bond acceptors (Lipinski definition) is 0. The van der Waals surface area contributed by atoms with Crippen molar-refractivity contribution in [3.63, 3.8) is 0 Å². The molecule has 0 aliphatic heterocycles. The molecule has 9 aliphatic rings. The van der Waals surface area contributed by atoms with Crippen LogP contribution in [0.3, 0.4) is 0 Å². The van der Waals surface area contributed by atoms with Gasteiger partial charge in [0.05, 0.1) is 0 Å². The molecule has 6 heteroatoms. The molecule has 9 aliphatic carbocycles. The van der Waals surface area contributed by atoms with Gasteiger partial charge in [0, 0.05) is 204 Å². The Morgan fingerprint density at radius 2 is 0.348 bits per heavy atom. The SMILES string of the molecule is CC1CC[CH-]CC1.CC1CC[CH-]CC1.CC1CC[CH-]CC1.[CH-]1CCC(CC2CCC(CC3CC[CH-]CC3)CC2)CC1.[CH-]1CCC(CC2CC[CH-]CC2)CC1.[CH-]1CC[CH-]CC1.[La].[La].[La].[Pa].[Pa].[Pa]. The van der Waals surface area contributed by atoms with Crippen LogP contribution in [0.15, 0.2) is 0 Å². The second-order valence-corrected chi connectivity index (χ2v) is 22.2. The minimum Gasteiger partial charge on any atom is -0.333 e. The minimum absolute atomic E-state index is 0. The average Bonchev–Trinajstić information content (AvgIpc) is 3.31. The van der Waals surface area contributed by atoms with Gasteiger partial charge >= 0.3 is 0 Å². The van der Waals surface area contributed by atoms with Crippen molar-refractivity contribution in [3.05, 3.63) is 57.8 Å². The first-order valence-corrected chi connectivity index (χ1v) is 27.9. The molecule has 0 N–H and O–H groups in total. The van der Waals surface area contributed by atoms with E-state index in [1.807, 2.05) is 0 Å². The van der Waals surface area contributed by atoms with Gasteiger partial charge in [0.2, 0.25) is 0 Å². The number of rotatable bonds is 6. The largest absolute Gasteiger partial charge is 0.333 e. The maximum Gasteiger partial charge on any atom is 0 e. The number of hydrogen-bond donors (Lipinski definition) is 0. The predicted molar refractivity (Wildman–Crippen MR) is 267 cm³/mol. The smallest absolute Gasteiger partial charge is 0 e. The molecule has 0 saturated heterocycles. The van der Waals surface area contributed by atoms with Crippen LogP contribution in [0.1, 0.15) is 271 Å².